The maximum Gasteiger partial charge on any atom is 0.472 e. The SMILES string of the molecule is CCCCCCCCCCCCCCCCOP(=O)(O)OC[C@H]1O[C@@H](n2cnc3c(N)ncnc32)C[C@@]1(O)C(=O)[O-]. The molecule has 0 radical (unpaired) electrons. The van der Waals surface area contributed by atoms with E-state index in [2.05, 4.69) is 21.9 Å². The van der Waals surface area contributed by atoms with E-state index in [1.807, 2.05) is 0 Å². The Morgan fingerprint density at radius 3 is 2.22 bits per heavy atom. The van der Waals surface area contributed by atoms with E-state index in [0.29, 0.717) is 6.42 Å². The first-order chi connectivity index (χ1) is 19.7. The number of nitrogens with zero attached hydrogens (tertiary/aromatic N) is 4. The van der Waals surface area contributed by atoms with Gasteiger partial charge in [-0.25, -0.2) is 19.5 Å². The van der Waals surface area contributed by atoms with Gasteiger partial charge in [0.15, 0.2) is 11.5 Å². The standard InChI is InChI=1S/C27H46N5O8P/c1-2-3-4-5-6-7-8-9-10-11-12-13-14-15-16-38-41(36,37)39-18-21-27(35,26(33)34)17-22(40-21)32-20-31-23-24(28)29-19-30-25(23)32/h19-22,35H,2-18H2,1H3,(H,33,34)(H,36,37)(H2,28,29,30)/p-1/t21-,22-,27+/m1/s1. The van der Waals surface area contributed by atoms with Gasteiger partial charge in [0.1, 0.15) is 29.8 Å². The number of ether oxygens (including phenoxy) is 1. The van der Waals surface area contributed by atoms with Crippen LogP contribution in [0.2, 0.25) is 0 Å². The van der Waals surface area contributed by atoms with E-state index >= 15 is 0 Å². The molecule has 41 heavy (non-hydrogen) atoms. The lowest BCUT2D eigenvalue weighted by Gasteiger charge is -2.29. The molecule has 0 spiro atoms. The number of carboxylic acid groups (broad SMARTS) is 1. The molecule has 0 bridgehead atoms. The highest BCUT2D eigenvalue weighted by molar-refractivity contribution is 7.47. The second-order valence-corrected chi connectivity index (χ2v) is 12.2. The Morgan fingerprint density at radius 1 is 1.05 bits per heavy atom. The molecule has 2 aromatic heterocycles. The van der Waals surface area contributed by atoms with E-state index in [1.165, 1.54) is 81.4 Å². The van der Waals surface area contributed by atoms with Crippen LogP contribution in [0.3, 0.4) is 0 Å². The lowest BCUT2D eigenvalue weighted by Crippen LogP contribution is -2.55. The van der Waals surface area contributed by atoms with Gasteiger partial charge in [-0.2, -0.15) is 0 Å². The van der Waals surface area contributed by atoms with Gasteiger partial charge in [0.2, 0.25) is 0 Å². The summed E-state index contributed by atoms with van der Waals surface area (Å²) in [6.07, 6.45) is 16.2. The number of carbonyl (C=O) groups excluding carboxylic acids is 1. The zero-order chi connectivity index (χ0) is 29.7. The molecule has 4 atom stereocenters. The number of hydrogen-bond acceptors (Lipinski definition) is 11. The molecule has 3 heterocycles. The first-order valence-corrected chi connectivity index (χ1v) is 16.3. The van der Waals surface area contributed by atoms with Crippen LogP contribution in [0.15, 0.2) is 12.7 Å². The number of aliphatic carboxylic acids is 1. The van der Waals surface area contributed by atoms with Crippen molar-refractivity contribution in [1.82, 2.24) is 19.5 Å². The zero-order valence-corrected chi connectivity index (χ0v) is 24.9. The Kier molecular flexibility index (Phi) is 13.4. The minimum absolute atomic E-state index is 0.0207. The minimum Gasteiger partial charge on any atom is -0.547 e. The van der Waals surface area contributed by atoms with Gasteiger partial charge in [-0.1, -0.05) is 90.4 Å². The second-order valence-electron chi connectivity index (χ2n) is 10.8. The molecular weight excluding hydrogens is 553 g/mol. The Morgan fingerprint density at radius 2 is 1.63 bits per heavy atom. The molecule has 1 saturated heterocycles. The van der Waals surface area contributed by atoms with Crippen molar-refractivity contribution < 1.29 is 38.3 Å². The number of hydrogen-bond donors (Lipinski definition) is 3. The normalized spacial score (nSPS) is 22.3. The summed E-state index contributed by atoms with van der Waals surface area (Å²) in [6, 6.07) is 0. The molecule has 13 nitrogen and oxygen atoms in total. The van der Waals surface area contributed by atoms with Crippen molar-refractivity contribution in [2.24, 2.45) is 0 Å². The van der Waals surface area contributed by atoms with Crippen LogP contribution in [0.1, 0.15) is 109 Å². The Balaban J connectivity index is 1.32. The number of phosphoric acid groups is 1. The summed E-state index contributed by atoms with van der Waals surface area (Å²) in [5.41, 5.74) is 3.86. The Hall–Kier alpha value is -2.15. The van der Waals surface area contributed by atoms with Crippen LogP contribution in [0.5, 0.6) is 0 Å². The van der Waals surface area contributed by atoms with E-state index in [1.54, 1.807) is 0 Å². The molecule has 0 aliphatic carbocycles. The molecule has 1 unspecified atom stereocenters. The van der Waals surface area contributed by atoms with Gasteiger partial charge < -0.3 is 30.4 Å². The third kappa shape index (κ3) is 9.97. The molecule has 1 aliphatic heterocycles. The number of carboxylic acids is 1. The number of fused-ring (bicyclic) bond motifs is 1. The summed E-state index contributed by atoms with van der Waals surface area (Å²) in [5, 5.41) is 22.6. The van der Waals surface area contributed by atoms with Crippen LogP contribution < -0.4 is 10.8 Å². The molecule has 232 valence electrons. The lowest BCUT2D eigenvalue weighted by atomic mass is 9.95. The van der Waals surface area contributed by atoms with Crippen molar-refractivity contribution in [2.45, 2.75) is 121 Å². The monoisotopic (exact) mass is 598 g/mol. The molecular formula is C27H45N5O8P-. The van der Waals surface area contributed by atoms with Crippen molar-refractivity contribution in [3.8, 4) is 0 Å². The molecule has 0 aromatic carbocycles. The highest BCUT2D eigenvalue weighted by Gasteiger charge is 2.50. The van der Waals surface area contributed by atoms with E-state index in [-0.39, 0.29) is 23.6 Å². The number of aliphatic hydroxyl groups is 1. The summed E-state index contributed by atoms with van der Waals surface area (Å²) < 4.78 is 29.5. The maximum absolute atomic E-state index is 12.4. The van der Waals surface area contributed by atoms with Crippen LogP contribution in [0, 0.1) is 0 Å². The van der Waals surface area contributed by atoms with Crippen molar-refractivity contribution >= 4 is 30.8 Å². The zero-order valence-electron chi connectivity index (χ0n) is 24.0. The van der Waals surface area contributed by atoms with E-state index in [0.717, 1.165) is 19.3 Å². The largest absolute Gasteiger partial charge is 0.547 e. The average molecular weight is 599 g/mol. The number of aromatic nitrogens is 4. The molecule has 1 fully saturated rings. The molecule has 4 N–H and O–H groups in total. The first-order valence-electron chi connectivity index (χ1n) is 14.8. The van der Waals surface area contributed by atoms with Gasteiger partial charge >= 0.3 is 7.82 Å². The lowest BCUT2D eigenvalue weighted by molar-refractivity contribution is -0.327. The third-order valence-electron chi connectivity index (χ3n) is 7.53. The average Bonchev–Trinajstić information content (AvgIpc) is 3.52. The van der Waals surface area contributed by atoms with Crippen molar-refractivity contribution in [3.63, 3.8) is 0 Å². The number of imidazole rings is 1. The van der Waals surface area contributed by atoms with Gasteiger partial charge in [0, 0.05) is 6.42 Å². The summed E-state index contributed by atoms with van der Waals surface area (Å²) in [7, 11) is -4.50. The molecule has 0 saturated carbocycles. The predicted molar refractivity (Wildman–Crippen MR) is 150 cm³/mol. The van der Waals surface area contributed by atoms with Gasteiger partial charge in [0.05, 0.1) is 25.5 Å². The number of anilines is 1. The first kappa shape index (κ1) is 33.4. The Labute approximate surface area is 241 Å². The van der Waals surface area contributed by atoms with Gasteiger partial charge in [-0.15, -0.1) is 0 Å². The highest BCUT2D eigenvalue weighted by Crippen LogP contribution is 2.46. The number of nitrogen functional groups attached to an aromatic ring is 1. The maximum atomic E-state index is 12.4. The van der Waals surface area contributed by atoms with Crippen LogP contribution in [-0.2, 0) is 23.1 Å². The van der Waals surface area contributed by atoms with Gasteiger partial charge in [-0.05, 0) is 6.42 Å². The predicted octanol–water partition coefficient (Wildman–Crippen LogP) is 3.79. The van der Waals surface area contributed by atoms with Crippen LogP contribution >= 0.6 is 7.82 Å². The number of unbranched alkanes of at least 4 members (excludes halogenated alkanes) is 13. The van der Waals surface area contributed by atoms with Crippen molar-refractivity contribution in [3.05, 3.63) is 12.7 Å². The fourth-order valence-electron chi connectivity index (χ4n) is 5.06. The van der Waals surface area contributed by atoms with Crippen molar-refractivity contribution in [2.75, 3.05) is 18.9 Å². The highest BCUT2D eigenvalue weighted by atomic mass is 31.2. The number of phosphoric ester groups is 1. The van der Waals surface area contributed by atoms with E-state index < -0.39 is 44.8 Å². The third-order valence-corrected chi connectivity index (χ3v) is 8.52. The van der Waals surface area contributed by atoms with Crippen LogP contribution in [0.25, 0.3) is 11.2 Å². The fourth-order valence-corrected chi connectivity index (χ4v) is 5.82. The van der Waals surface area contributed by atoms with Crippen molar-refractivity contribution in [1.29, 1.82) is 0 Å². The summed E-state index contributed by atoms with van der Waals surface area (Å²) in [6.45, 7) is 1.55. The van der Waals surface area contributed by atoms with Gasteiger partial charge in [-0.3, -0.25) is 13.6 Å². The minimum atomic E-state index is -4.50. The molecule has 2 aromatic rings. The summed E-state index contributed by atoms with van der Waals surface area (Å²) >= 11 is 0. The van der Waals surface area contributed by atoms with Crippen LogP contribution in [0.4, 0.5) is 5.82 Å². The summed E-state index contributed by atoms with van der Waals surface area (Å²) in [4.78, 5) is 33.9. The number of nitrogens with two attached hydrogens (primary N) is 1. The van der Waals surface area contributed by atoms with Crippen LogP contribution in [-0.4, -0.2) is 60.4 Å². The van der Waals surface area contributed by atoms with Gasteiger partial charge in [0.25, 0.3) is 0 Å². The number of carbonyl (C=O) groups is 1. The second kappa shape index (κ2) is 16.5. The quantitative estimate of drug-likeness (QED) is 0.139. The fraction of sp³-hybridized carbons (Fsp3) is 0.778. The molecule has 3 rings (SSSR count). The molecule has 0 amide bonds. The Bertz CT molecular complexity index is 1130. The van der Waals surface area contributed by atoms with E-state index in [9.17, 15) is 24.5 Å². The molecule has 1 aliphatic rings. The van der Waals surface area contributed by atoms with E-state index in [4.69, 9.17) is 19.5 Å². The summed E-state index contributed by atoms with van der Waals surface area (Å²) in [5.74, 6) is -1.68. The number of rotatable bonds is 21. The molecule has 14 heteroatoms. The topological polar surface area (TPSA) is 195 Å². The smallest absolute Gasteiger partial charge is 0.472 e.